The lowest BCUT2D eigenvalue weighted by Crippen LogP contribution is -2.11. The van der Waals surface area contributed by atoms with Crippen LogP contribution in [0.1, 0.15) is 16.1 Å². The summed E-state index contributed by atoms with van der Waals surface area (Å²) in [4.78, 5) is 12.0. The number of aromatic nitrogens is 3. The molecule has 0 aliphatic carbocycles. The molecule has 0 fully saturated rings. The summed E-state index contributed by atoms with van der Waals surface area (Å²) < 4.78 is 7.02. The van der Waals surface area contributed by atoms with E-state index in [0.717, 1.165) is 15.4 Å². The van der Waals surface area contributed by atoms with Crippen LogP contribution < -0.4 is 5.73 Å². The lowest BCUT2D eigenvalue weighted by Gasteiger charge is -2.10. The van der Waals surface area contributed by atoms with Gasteiger partial charge < -0.3 is 15.0 Å². The highest BCUT2D eigenvalue weighted by molar-refractivity contribution is 9.10. The van der Waals surface area contributed by atoms with Crippen LogP contribution in [0.3, 0.4) is 0 Å². The summed E-state index contributed by atoms with van der Waals surface area (Å²) in [7, 11) is 1.26. The number of aromatic amines is 1. The fourth-order valence-electron chi connectivity index (χ4n) is 2.24. The van der Waals surface area contributed by atoms with Gasteiger partial charge in [0.25, 0.3) is 0 Å². The first-order valence-corrected chi connectivity index (χ1v) is 6.98. The maximum Gasteiger partial charge on any atom is 0.357 e. The van der Waals surface area contributed by atoms with Crippen molar-refractivity contribution in [3.05, 3.63) is 40.3 Å². The van der Waals surface area contributed by atoms with Crippen LogP contribution in [0.2, 0.25) is 0 Å². The number of esters is 1. The molecule has 2 aromatic heterocycles. The molecule has 0 spiro atoms. The minimum atomic E-state index is -0.615. The van der Waals surface area contributed by atoms with Gasteiger partial charge in [-0.3, -0.25) is 5.10 Å². The third kappa shape index (κ3) is 2.03. The summed E-state index contributed by atoms with van der Waals surface area (Å²) in [6, 6.07) is 5.63. The fraction of sp³-hybridized carbons (Fsp3) is 0.0714. The summed E-state index contributed by atoms with van der Waals surface area (Å²) in [5.74, 6) is -0.615. The van der Waals surface area contributed by atoms with Crippen LogP contribution in [-0.2, 0) is 4.74 Å². The molecule has 0 saturated carbocycles. The first-order chi connectivity index (χ1) is 10.6. The van der Waals surface area contributed by atoms with E-state index < -0.39 is 5.97 Å². The van der Waals surface area contributed by atoms with Gasteiger partial charge in [0.15, 0.2) is 5.69 Å². The van der Waals surface area contributed by atoms with Crippen LogP contribution in [0.5, 0.6) is 0 Å². The minimum absolute atomic E-state index is 0.0888. The molecule has 0 unspecified atom stereocenters. The number of ether oxygens (including phenoxy) is 1. The van der Waals surface area contributed by atoms with E-state index in [2.05, 4.69) is 26.1 Å². The molecule has 2 heterocycles. The molecule has 0 radical (unpaired) electrons. The van der Waals surface area contributed by atoms with Crippen LogP contribution >= 0.6 is 15.9 Å². The molecule has 110 valence electrons. The smallest absolute Gasteiger partial charge is 0.357 e. The SMILES string of the molecule is COC(=O)c1c(N)c(C#N)cn1-c1cc2[nH]ncc2cc1Br. The highest BCUT2D eigenvalue weighted by atomic mass is 79.9. The van der Waals surface area contributed by atoms with Gasteiger partial charge in [-0.15, -0.1) is 0 Å². The number of benzene rings is 1. The maximum atomic E-state index is 12.0. The lowest BCUT2D eigenvalue weighted by molar-refractivity contribution is 0.0593. The molecule has 0 aliphatic heterocycles. The van der Waals surface area contributed by atoms with Crippen LogP contribution in [0.25, 0.3) is 16.6 Å². The molecule has 7 nitrogen and oxygen atoms in total. The Kier molecular flexibility index (Phi) is 3.35. The molecule has 3 N–H and O–H groups in total. The van der Waals surface area contributed by atoms with Crippen molar-refractivity contribution in [3.8, 4) is 11.8 Å². The van der Waals surface area contributed by atoms with Gasteiger partial charge in [-0.2, -0.15) is 10.4 Å². The third-order valence-electron chi connectivity index (χ3n) is 3.31. The van der Waals surface area contributed by atoms with Gasteiger partial charge in [0, 0.05) is 16.1 Å². The Morgan fingerprint density at radius 3 is 3.00 bits per heavy atom. The van der Waals surface area contributed by atoms with E-state index in [1.807, 2.05) is 12.1 Å². The van der Waals surface area contributed by atoms with E-state index in [4.69, 9.17) is 15.7 Å². The number of hydrogen-bond acceptors (Lipinski definition) is 5. The number of hydrogen-bond donors (Lipinski definition) is 2. The third-order valence-corrected chi connectivity index (χ3v) is 3.95. The van der Waals surface area contributed by atoms with Gasteiger partial charge in [0.05, 0.1) is 35.8 Å². The Hall–Kier alpha value is -2.79. The van der Waals surface area contributed by atoms with E-state index in [1.54, 1.807) is 12.3 Å². The molecular weight excluding hydrogens is 350 g/mol. The molecule has 22 heavy (non-hydrogen) atoms. The molecule has 0 amide bonds. The van der Waals surface area contributed by atoms with Gasteiger partial charge in [-0.25, -0.2) is 4.79 Å². The van der Waals surface area contributed by atoms with Gasteiger partial charge >= 0.3 is 5.97 Å². The summed E-state index contributed by atoms with van der Waals surface area (Å²) >= 11 is 3.46. The Labute approximate surface area is 133 Å². The fourth-order valence-corrected chi connectivity index (χ4v) is 2.79. The molecular formula is C14H10BrN5O2. The lowest BCUT2D eigenvalue weighted by atomic mass is 10.2. The summed E-state index contributed by atoms with van der Waals surface area (Å²) in [5.41, 5.74) is 7.73. The first-order valence-electron chi connectivity index (χ1n) is 6.19. The van der Waals surface area contributed by atoms with Crippen LogP contribution in [0.15, 0.2) is 29.0 Å². The predicted octanol–water partition coefficient (Wildman–Crippen LogP) is 2.36. The zero-order valence-electron chi connectivity index (χ0n) is 11.4. The second-order valence-corrected chi connectivity index (χ2v) is 5.39. The van der Waals surface area contributed by atoms with Gasteiger partial charge in [0.2, 0.25) is 0 Å². The second-order valence-electron chi connectivity index (χ2n) is 4.54. The standard InChI is InChI=1S/C14H10BrN5O2/c1-22-14(21)13-12(17)8(4-16)6-20(13)11-3-10-7(2-9(11)15)5-18-19-10/h2-3,5-6H,17H2,1H3,(H,18,19). The molecule has 0 saturated heterocycles. The number of carbonyl (C=O) groups excluding carboxylic acids is 1. The average Bonchev–Trinajstić information content (AvgIpc) is 3.09. The maximum absolute atomic E-state index is 12.0. The number of halogens is 1. The number of carbonyl (C=O) groups is 1. The van der Waals surface area contributed by atoms with Crippen molar-refractivity contribution < 1.29 is 9.53 Å². The number of nitrogens with zero attached hydrogens (tertiary/aromatic N) is 3. The van der Waals surface area contributed by atoms with E-state index >= 15 is 0 Å². The van der Waals surface area contributed by atoms with Crippen molar-refractivity contribution >= 4 is 38.5 Å². The number of nitrogens with two attached hydrogens (primary N) is 1. The van der Waals surface area contributed by atoms with Crippen molar-refractivity contribution in [3.63, 3.8) is 0 Å². The highest BCUT2D eigenvalue weighted by Gasteiger charge is 2.23. The molecule has 0 atom stereocenters. The Balaban J connectivity index is 2.32. The number of anilines is 1. The van der Waals surface area contributed by atoms with Crippen molar-refractivity contribution in [1.82, 2.24) is 14.8 Å². The summed E-state index contributed by atoms with van der Waals surface area (Å²) in [6.45, 7) is 0. The van der Waals surface area contributed by atoms with Crippen molar-refractivity contribution in [2.75, 3.05) is 12.8 Å². The Morgan fingerprint density at radius 1 is 1.55 bits per heavy atom. The molecule has 3 aromatic rings. The Bertz CT molecular complexity index is 935. The van der Waals surface area contributed by atoms with E-state index in [0.29, 0.717) is 5.69 Å². The molecule has 0 bridgehead atoms. The minimum Gasteiger partial charge on any atom is -0.464 e. The zero-order valence-corrected chi connectivity index (χ0v) is 13.0. The van der Waals surface area contributed by atoms with Gasteiger partial charge in [-0.05, 0) is 28.1 Å². The number of methoxy groups -OCH3 is 1. The number of fused-ring (bicyclic) bond motifs is 1. The van der Waals surface area contributed by atoms with E-state index in [1.165, 1.54) is 17.9 Å². The van der Waals surface area contributed by atoms with E-state index in [-0.39, 0.29) is 16.9 Å². The van der Waals surface area contributed by atoms with Crippen molar-refractivity contribution in [2.45, 2.75) is 0 Å². The average molecular weight is 360 g/mol. The first kappa shape index (κ1) is 14.2. The molecule has 1 aromatic carbocycles. The second kappa shape index (κ2) is 5.20. The monoisotopic (exact) mass is 359 g/mol. The highest BCUT2D eigenvalue weighted by Crippen LogP contribution is 2.31. The number of H-pyrrole nitrogens is 1. The van der Waals surface area contributed by atoms with Gasteiger partial charge in [0.1, 0.15) is 6.07 Å². The summed E-state index contributed by atoms with van der Waals surface area (Å²) in [5, 5.41) is 16.9. The summed E-state index contributed by atoms with van der Waals surface area (Å²) in [6.07, 6.45) is 3.19. The zero-order chi connectivity index (χ0) is 15.9. The number of nitrogen functional groups attached to an aromatic ring is 1. The largest absolute Gasteiger partial charge is 0.464 e. The normalized spacial score (nSPS) is 10.6. The number of rotatable bonds is 2. The van der Waals surface area contributed by atoms with Crippen LogP contribution in [0, 0.1) is 11.3 Å². The molecule has 8 heteroatoms. The van der Waals surface area contributed by atoms with Crippen molar-refractivity contribution in [2.24, 2.45) is 0 Å². The van der Waals surface area contributed by atoms with Gasteiger partial charge in [-0.1, -0.05) is 0 Å². The van der Waals surface area contributed by atoms with Crippen LogP contribution in [-0.4, -0.2) is 27.8 Å². The number of nitrogens with one attached hydrogen (secondary N) is 1. The van der Waals surface area contributed by atoms with Crippen molar-refractivity contribution in [1.29, 1.82) is 5.26 Å². The predicted molar refractivity (Wildman–Crippen MR) is 83.6 cm³/mol. The Morgan fingerprint density at radius 2 is 2.32 bits per heavy atom. The van der Waals surface area contributed by atoms with Crippen LogP contribution in [0.4, 0.5) is 5.69 Å². The number of nitriles is 1. The topological polar surface area (TPSA) is 110 Å². The molecule has 3 rings (SSSR count). The van der Waals surface area contributed by atoms with E-state index in [9.17, 15) is 4.79 Å². The molecule has 0 aliphatic rings. The quantitative estimate of drug-likeness (QED) is 0.682.